The van der Waals surface area contributed by atoms with Crippen LogP contribution < -0.4 is 20.1 Å². The molecule has 0 radical (unpaired) electrons. The molecule has 0 bridgehead atoms. The quantitative estimate of drug-likeness (QED) is 0.366. The molecule has 0 unspecified atom stereocenters. The highest BCUT2D eigenvalue weighted by Crippen LogP contribution is 2.32. The minimum absolute atomic E-state index is 0.226. The van der Waals surface area contributed by atoms with Crippen molar-refractivity contribution in [1.82, 2.24) is 9.88 Å². The summed E-state index contributed by atoms with van der Waals surface area (Å²) in [7, 11) is 1.61. The number of nitrogens with one attached hydrogen (secondary N) is 2. The molecule has 1 aromatic heterocycles. The second kappa shape index (κ2) is 9.39. The molecule has 0 amide bonds. The lowest BCUT2D eigenvalue weighted by Gasteiger charge is -2.17. The molecule has 0 saturated carbocycles. The Bertz CT molecular complexity index is 1230. The Morgan fingerprint density at radius 1 is 1.21 bits per heavy atom. The van der Waals surface area contributed by atoms with Gasteiger partial charge in [0.05, 0.1) is 13.7 Å². The maximum atomic E-state index is 13.4. The first-order valence-corrected chi connectivity index (χ1v) is 11.3. The minimum Gasteiger partial charge on any atom is -0.740 e. The molecule has 3 aromatic rings. The van der Waals surface area contributed by atoms with E-state index in [0.717, 1.165) is 59.0 Å². The van der Waals surface area contributed by atoms with Crippen molar-refractivity contribution < 1.29 is 9.47 Å². The van der Waals surface area contributed by atoms with Gasteiger partial charge in [-0.1, -0.05) is 22.9 Å². The van der Waals surface area contributed by atoms with Gasteiger partial charge in [0.15, 0.2) is 0 Å². The first kappa shape index (κ1) is 21.1. The van der Waals surface area contributed by atoms with Crippen molar-refractivity contribution in [3.8, 4) is 28.8 Å². The monoisotopic (exact) mass is 441 g/mol. The Morgan fingerprint density at radius 3 is 2.94 bits per heavy atom. The highest BCUT2D eigenvalue weighted by molar-refractivity contribution is 5.78. The standard InChI is InChI=1S/C26H27N5O2/c1-33-22-8-4-7-21(17-22)29-26-28-18-20-11-12-27-24-16-19(6-5-15-30-13-2-3-14-30)9-10-23(24)25(20)31(26)32/h4,7-10,16-18,27H,2-3,11-15H2,1H3,(H,28,29). The molecule has 168 valence electrons. The topological polar surface area (TPSA) is 76.4 Å². The zero-order valence-electron chi connectivity index (χ0n) is 18.7. The molecular formula is C26H27N5O2. The van der Waals surface area contributed by atoms with Gasteiger partial charge in [-0.25, -0.2) is 10.0 Å². The fraction of sp³-hybridized carbons (Fsp3) is 0.308. The molecule has 1 saturated heterocycles. The van der Waals surface area contributed by atoms with Crippen LogP contribution in [0.3, 0.4) is 0 Å². The van der Waals surface area contributed by atoms with Crippen LogP contribution in [-0.4, -0.2) is 43.2 Å². The molecule has 33 heavy (non-hydrogen) atoms. The third-order valence-corrected chi connectivity index (χ3v) is 6.09. The van der Waals surface area contributed by atoms with Gasteiger partial charge in [-0.2, -0.15) is 0 Å². The number of anilines is 3. The molecule has 0 aliphatic carbocycles. The van der Waals surface area contributed by atoms with Gasteiger partial charge in [-0.3, -0.25) is 4.90 Å². The molecule has 2 aliphatic heterocycles. The number of ether oxygens (including phenoxy) is 1. The van der Waals surface area contributed by atoms with Crippen LogP contribution in [-0.2, 0) is 6.42 Å². The van der Waals surface area contributed by atoms with Crippen molar-refractivity contribution in [1.29, 1.82) is 0 Å². The van der Waals surface area contributed by atoms with E-state index in [1.165, 1.54) is 12.8 Å². The van der Waals surface area contributed by atoms with E-state index < -0.39 is 0 Å². The van der Waals surface area contributed by atoms with Gasteiger partial charge >= 0.3 is 5.95 Å². The van der Waals surface area contributed by atoms with Crippen LogP contribution in [0.2, 0.25) is 0 Å². The average molecular weight is 442 g/mol. The first-order chi connectivity index (χ1) is 16.2. The normalized spacial score (nSPS) is 14.8. The number of hydrogen-bond acceptors (Lipinski definition) is 6. The van der Waals surface area contributed by atoms with Gasteiger partial charge in [-0.15, -0.1) is 0 Å². The number of nitrogens with zero attached hydrogens (tertiary/aromatic N) is 3. The van der Waals surface area contributed by atoms with E-state index in [1.54, 1.807) is 13.3 Å². The molecule has 2 aromatic carbocycles. The van der Waals surface area contributed by atoms with Crippen LogP contribution in [0, 0.1) is 17.0 Å². The number of aromatic nitrogens is 2. The van der Waals surface area contributed by atoms with Gasteiger partial charge < -0.3 is 15.3 Å². The highest BCUT2D eigenvalue weighted by Gasteiger charge is 2.22. The van der Waals surface area contributed by atoms with Gasteiger partial charge in [0.2, 0.25) is 0 Å². The lowest BCUT2D eigenvalue weighted by atomic mass is 10.0. The molecule has 5 rings (SSSR count). The zero-order chi connectivity index (χ0) is 22.6. The third-order valence-electron chi connectivity index (χ3n) is 6.09. The van der Waals surface area contributed by atoms with Gasteiger partial charge in [0, 0.05) is 35.0 Å². The predicted molar refractivity (Wildman–Crippen MR) is 130 cm³/mol. The van der Waals surface area contributed by atoms with Crippen LogP contribution in [0.1, 0.15) is 24.0 Å². The molecule has 7 heteroatoms. The SMILES string of the molecule is COc1cccc(Nc2ncc3c([n+]2[O-])-c2ccc(C#CCN4CCCC4)cc2NCC3)c1. The maximum Gasteiger partial charge on any atom is 0.397 e. The third kappa shape index (κ3) is 4.57. The van der Waals surface area contributed by atoms with Crippen molar-refractivity contribution in [2.24, 2.45) is 0 Å². The summed E-state index contributed by atoms with van der Waals surface area (Å²) >= 11 is 0. The fourth-order valence-corrected chi connectivity index (χ4v) is 4.37. The second-order valence-corrected chi connectivity index (χ2v) is 8.33. The number of hydrogen-bond donors (Lipinski definition) is 2. The summed E-state index contributed by atoms with van der Waals surface area (Å²) < 4.78 is 6.17. The number of benzene rings is 2. The summed E-state index contributed by atoms with van der Waals surface area (Å²) in [6.07, 6.45) is 5.03. The van der Waals surface area contributed by atoms with E-state index in [-0.39, 0.29) is 5.95 Å². The molecule has 3 heterocycles. The largest absolute Gasteiger partial charge is 0.740 e. The maximum absolute atomic E-state index is 13.4. The second-order valence-electron chi connectivity index (χ2n) is 8.33. The number of likely N-dealkylation sites (tertiary alicyclic amines) is 1. The summed E-state index contributed by atoms with van der Waals surface area (Å²) in [5, 5.41) is 20.0. The number of methoxy groups -OCH3 is 1. The van der Waals surface area contributed by atoms with E-state index in [4.69, 9.17) is 4.74 Å². The lowest BCUT2D eigenvalue weighted by Crippen LogP contribution is -2.35. The van der Waals surface area contributed by atoms with Crippen molar-refractivity contribution >= 4 is 17.3 Å². The Kier molecular flexibility index (Phi) is 6.01. The zero-order valence-corrected chi connectivity index (χ0v) is 18.7. The van der Waals surface area contributed by atoms with E-state index >= 15 is 0 Å². The van der Waals surface area contributed by atoms with E-state index in [2.05, 4.69) is 32.4 Å². The van der Waals surface area contributed by atoms with E-state index in [9.17, 15) is 5.21 Å². The Hall–Kier alpha value is -3.76. The van der Waals surface area contributed by atoms with E-state index in [1.807, 2.05) is 42.5 Å². The Labute approximate surface area is 194 Å². The molecule has 7 nitrogen and oxygen atoms in total. The predicted octanol–water partition coefficient (Wildman–Crippen LogP) is 3.55. The van der Waals surface area contributed by atoms with Crippen molar-refractivity contribution in [3.63, 3.8) is 0 Å². The summed E-state index contributed by atoms with van der Waals surface area (Å²) in [6.45, 7) is 3.82. The summed E-state index contributed by atoms with van der Waals surface area (Å²) in [6, 6.07) is 13.4. The van der Waals surface area contributed by atoms with Crippen molar-refractivity contribution in [2.45, 2.75) is 19.3 Å². The van der Waals surface area contributed by atoms with Crippen LogP contribution in [0.5, 0.6) is 5.75 Å². The van der Waals surface area contributed by atoms with Gasteiger partial charge in [-0.05, 0) is 62.7 Å². The molecule has 1 fully saturated rings. The minimum atomic E-state index is 0.226. The Balaban J connectivity index is 1.45. The van der Waals surface area contributed by atoms with Gasteiger partial charge in [0.25, 0.3) is 0 Å². The summed E-state index contributed by atoms with van der Waals surface area (Å²) in [5.41, 5.74) is 5.00. The molecule has 2 aliphatic rings. The smallest absolute Gasteiger partial charge is 0.397 e. The lowest BCUT2D eigenvalue weighted by molar-refractivity contribution is -0.581. The molecule has 0 spiro atoms. The van der Waals surface area contributed by atoms with Crippen LogP contribution in [0.15, 0.2) is 48.7 Å². The van der Waals surface area contributed by atoms with Gasteiger partial charge in [0.1, 0.15) is 23.3 Å². The summed E-state index contributed by atoms with van der Waals surface area (Å²) in [4.78, 5) is 6.78. The van der Waals surface area contributed by atoms with Crippen molar-refractivity contribution in [3.05, 3.63) is 65.0 Å². The Morgan fingerprint density at radius 2 is 2.09 bits per heavy atom. The highest BCUT2D eigenvalue weighted by atomic mass is 16.5. The summed E-state index contributed by atoms with van der Waals surface area (Å²) in [5.74, 6) is 7.51. The van der Waals surface area contributed by atoms with Crippen LogP contribution in [0.25, 0.3) is 11.3 Å². The number of rotatable bonds is 4. The molecule has 2 N–H and O–H groups in total. The fourth-order valence-electron chi connectivity index (χ4n) is 4.37. The molecule has 0 atom stereocenters. The molecular weight excluding hydrogens is 414 g/mol. The average Bonchev–Trinajstić information content (AvgIpc) is 3.28. The van der Waals surface area contributed by atoms with E-state index in [0.29, 0.717) is 17.9 Å². The number of fused-ring (bicyclic) bond motifs is 3. The van der Waals surface area contributed by atoms with Crippen LogP contribution in [0.4, 0.5) is 17.3 Å². The van der Waals surface area contributed by atoms with Crippen LogP contribution >= 0.6 is 0 Å². The van der Waals surface area contributed by atoms with Crippen molar-refractivity contribution in [2.75, 3.05) is 43.9 Å². The first-order valence-electron chi connectivity index (χ1n) is 11.3.